The fourth-order valence-corrected chi connectivity index (χ4v) is 2.12. The Hall–Kier alpha value is -2.00. The molecule has 1 aromatic carbocycles. The molecule has 20 heavy (non-hydrogen) atoms. The van der Waals surface area contributed by atoms with Crippen molar-refractivity contribution >= 4 is 11.4 Å². The number of nitrogens with two attached hydrogens (primary N) is 1. The standard InChI is InChI=1S/C14H18FN3O2/c1-9(2)20-14-6-13(12(17)5-11(14)15)18-3-4-19-10(7-16)8-18/h5-6,9-10H,3-4,8,17H2,1-2H3. The highest BCUT2D eigenvalue weighted by Gasteiger charge is 2.23. The number of halogens is 1. The molecule has 1 fully saturated rings. The summed E-state index contributed by atoms with van der Waals surface area (Å²) in [6, 6.07) is 4.91. The summed E-state index contributed by atoms with van der Waals surface area (Å²) >= 11 is 0. The molecule has 1 aliphatic heterocycles. The van der Waals surface area contributed by atoms with Crippen LogP contribution < -0.4 is 15.4 Å². The van der Waals surface area contributed by atoms with Gasteiger partial charge in [-0.1, -0.05) is 0 Å². The fourth-order valence-electron chi connectivity index (χ4n) is 2.12. The highest BCUT2D eigenvalue weighted by molar-refractivity contribution is 5.70. The van der Waals surface area contributed by atoms with Crippen molar-refractivity contribution in [3.05, 3.63) is 17.9 Å². The number of nitrogens with zero attached hydrogens (tertiary/aromatic N) is 2. The lowest BCUT2D eigenvalue weighted by Crippen LogP contribution is -2.42. The van der Waals surface area contributed by atoms with Gasteiger partial charge in [0, 0.05) is 18.7 Å². The van der Waals surface area contributed by atoms with Crippen molar-refractivity contribution in [1.29, 1.82) is 5.26 Å². The van der Waals surface area contributed by atoms with Gasteiger partial charge in [0.1, 0.15) is 0 Å². The number of benzene rings is 1. The molecule has 1 atom stereocenters. The van der Waals surface area contributed by atoms with Crippen molar-refractivity contribution in [2.75, 3.05) is 30.3 Å². The fraction of sp³-hybridized carbons (Fsp3) is 0.500. The minimum Gasteiger partial charge on any atom is -0.488 e. The summed E-state index contributed by atoms with van der Waals surface area (Å²) in [6.45, 7) is 5.11. The molecule has 0 aromatic heterocycles. The average Bonchev–Trinajstić information content (AvgIpc) is 2.41. The van der Waals surface area contributed by atoms with E-state index in [2.05, 4.69) is 6.07 Å². The van der Waals surface area contributed by atoms with Gasteiger partial charge in [0.2, 0.25) is 0 Å². The summed E-state index contributed by atoms with van der Waals surface area (Å²) in [5.74, 6) is -0.311. The maximum Gasteiger partial charge on any atom is 0.167 e. The Bertz CT molecular complexity index is 528. The summed E-state index contributed by atoms with van der Waals surface area (Å²) in [5, 5.41) is 8.93. The monoisotopic (exact) mass is 279 g/mol. The Morgan fingerprint density at radius 2 is 2.30 bits per heavy atom. The number of nitrogen functional groups attached to an aromatic ring is 1. The minimum atomic E-state index is -0.498. The van der Waals surface area contributed by atoms with Gasteiger partial charge in [0.15, 0.2) is 17.7 Å². The predicted octanol–water partition coefficient (Wildman–Crippen LogP) is 1.92. The smallest absolute Gasteiger partial charge is 0.167 e. The molecule has 0 bridgehead atoms. The summed E-state index contributed by atoms with van der Waals surface area (Å²) in [7, 11) is 0. The molecule has 1 saturated heterocycles. The lowest BCUT2D eigenvalue weighted by Gasteiger charge is -2.32. The minimum absolute atomic E-state index is 0.127. The third kappa shape index (κ3) is 3.11. The number of hydrogen-bond donors (Lipinski definition) is 1. The molecular formula is C14H18FN3O2. The molecule has 1 unspecified atom stereocenters. The van der Waals surface area contributed by atoms with Crippen LogP contribution in [0.4, 0.5) is 15.8 Å². The topological polar surface area (TPSA) is 71.5 Å². The Kier molecular flexibility index (Phi) is 4.30. The number of nitriles is 1. The van der Waals surface area contributed by atoms with Crippen molar-refractivity contribution < 1.29 is 13.9 Å². The van der Waals surface area contributed by atoms with Crippen LogP contribution in [0.2, 0.25) is 0 Å². The summed E-state index contributed by atoms with van der Waals surface area (Å²) in [4.78, 5) is 1.92. The Morgan fingerprint density at radius 1 is 1.55 bits per heavy atom. The van der Waals surface area contributed by atoms with E-state index in [1.807, 2.05) is 18.7 Å². The zero-order valence-corrected chi connectivity index (χ0v) is 11.6. The van der Waals surface area contributed by atoms with Gasteiger partial charge >= 0.3 is 0 Å². The quantitative estimate of drug-likeness (QED) is 0.856. The molecule has 0 radical (unpaired) electrons. The number of hydrogen-bond acceptors (Lipinski definition) is 5. The number of rotatable bonds is 3. The number of morpholine rings is 1. The molecular weight excluding hydrogens is 261 g/mol. The number of ether oxygens (including phenoxy) is 2. The first-order valence-corrected chi connectivity index (χ1v) is 6.53. The van der Waals surface area contributed by atoms with Crippen LogP contribution in [0.5, 0.6) is 5.75 Å². The molecule has 0 spiro atoms. The van der Waals surface area contributed by atoms with Gasteiger partial charge in [0.25, 0.3) is 0 Å². The molecule has 1 heterocycles. The van der Waals surface area contributed by atoms with Gasteiger partial charge in [-0.25, -0.2) is 4.39 Å². The Balaban J connectivity index is 2.28. The molecule has 0 amide bonds. The average molecular weight is 279 g/mol. The van der Waals surface area contributed by atoms with E-state index in [0.29, 0.717) is 31.1 Å². The van der Waals surface area contributed by atoms with E-state index >= 15 is 0 Å². The molecule has 6 heteroatoms. The lowest BCUT2D eigenvalue weighted by molar-refractivity contribution is 0.0765. The predicted molar refractivity (Wildman–Crippen MR) is 74.1 cm³/mol. The summed E-state index contributed by atoms with van der Waals surface area (Å²) in [6.07, 6.45) is -0.625. The van der Waals surface area contributed by atoms with Crippen molar-refractivity contribution in [2.45, 2.75) is 26.1 Å². The largest absolute Gasteiger partial charge is 0.488 e. The van der Waals surface area contributed by atoms with E-state index in [9.17, 15) is 4.39 Å². The van der Waals surface area contributed by atoms with Crippen LogP contribution in [0.15, 0.2) is 12.1 Å². The highest BCUT2D eigenvalue weighted by Crippen LogP contribution is 2.32. The van der Waals surface area contributed by atoms with Gasteiger partial charge in [0.05, 0.1) is 36.7 Å². The first-order chi connectivity index (χ1) is 9.51. The van der Waals surface area contributed by atoms with Crippen LogP contribution in [-0.2, 0) is 4.74 Å². The van der Waals surface area contributed by atoms with Gasteiger partial charge < -0.3 is 20.1 Å². The van der Waals surface area contributed by atoms with Crippen LogP contribution in [0.3, 0.4) is 0 Å². The van der Waals surface area contributed by atoms with Gasteiger partial charge in [-0.15, -0.1) is 0 Å². The Morgan fingerprint density at radius 3 is 2.95 bits per heavy atom. The van der Waals surface area contributed by atoms with Gasteiger partial charge in [-0.2, -0.15) is 5.26 Å². The Labute approximate surface area is 117 Å². The van der Waals surface area contributed by atoms with E-state index in [4.69, 9.17) is 20.5 Å². The second kappa shape index (κ2) is 5.97. The number of anilines is 2. The molecule has 5 nitrogen and oxygen atoms in total. The van der Waals surface area contributed by atoms with Crippen LogP contribution in [0.25, 0.3) is 0 Å². The maximum atomic E-state index is 13.8. The van der Waals surface area contributed by atoms with E-state index in [1.54, 1.807) is 6.07 Å². The van der Waals surface area contributed by atoms with Crippen molar-refractivity contribution in [2.24, 2.45) is 0 Å². The van der Waals surface area contributed by atoms with Crippen LogP contribution in [-0.4, -0.2) is 31.9 Å². The zero-order chi connectivity index (χ0) is 14.7. The van der Waals surface area contributed by atoms with E-state index < -0.39 is 11.9 Å². The summed E-state index contributed by atoms with van der Waals surface area (Å²) < 4.78 is 24.5. The first kappa shape index (κ1) is 14.4. The third-order valence-corrected chi connectivity index (χ3v) is 2.99. The summed E-state index contributed by atoms with van der Waals surface area (Å²) in [5.41, 5.74) is 6.88. The SMILES string of the molecule is CC(C)Oc1cc(N2CCOC(C#N)C2)c(N)cc1F. The van der Waals surface area contributed by atoms with Crippen LogP contribution in [0, 0.1) is 17.1 Å². The molecule has 0 aliphatic carbocycles. The normalized spacial score (nSPS) is 18.9. The van der Waals surface area contributed by atoms with Crippen molar-refractivity contribution in [3.8, 4) is 11.8 Å². The second-order valence-electron chi connectivity index (χ2n) is 4.94. The third-order valence-electron chi connectivity index (χ3n) is 2.99. The highest BCUT2D eigenvalue weighted by atomic mass is 19.1. The molecule has 108 valence electrons. The van der Waals surface area contributed by atoms with Crippen LogP contribution in [0.1, 0.15) is 13.8 Å². The van der Waals surface area contributed by atoms with Crippen molar-refractivity contribution in [1.82, 2.24) is 0 Å². The van der Waals surface area contributed by atoms with Gasteiger partial charge in [-0.05, 0) is 13.8 Å². The lowest BCUT2D eigenvalue weighted by atomic mass is 10.2. The molecule has 0 saturated carbocycles. The van der Waals surface area contributed by atoms with E-state index in [-0.39, 0.29) is 11.9 Å². The van der Waals surface area contributed by atoms with Gasteiger partial charge in [-0.3, -0.25) is 0 Å². The zero-order valence-electron chi connectivity index (χ0n) is 11.6. The van der Waals surface area contributed by atoms with Crippen LogP contribution >= 0.6 is 0 Å². The molecule has 1 aliphatic rings. The maximum absolute atomic E-state index is 13.8. The molecule has 2 rings (SSSR count). The molecule has 1 aromatic rings. The van der Waals surface area contributed by atoms with E-state index in [1.165, 1.54) is 6.07 Å². The second-order valence-corrected chi connectivity index (χ2v) is 4.94. The first-order valence-electron chi connectivity index (χ1n) is 6.53. The van der Waals surface area contributed by atoms with E-state index in [0.717, 1.165) is 0 Å². The van der Waals surface area contributed by atoms with Crippen molar-refractivity contribution in [3.63, 3.8) is 0 Å². The molecule has 2 N–H and O–H groups in total.